The summed E-state index contributed by atoms with van der Waals surface area (Å²) in [6, 6.07) is 7.35. The van der Waals surface area contributed by atoms with Crippen LogP contribution < -0.4 is 10.9 Å². The predicted octanol–water partition coefficient (Wildman–Crippen LogP) is 2.47. The van der Waals surface area contributed by atoms with E-state index < -0.39 is 18.5 Å². The number of carbonyl (C=O) groups is 2. The maximum absolute atomic E-state index is 12.3. The van der Waals surface area contributed by atoms with Crippen LogP contribution in [-0.4, -0.2) is 34.6 Å². The number of aromatic nitrogens is 2. The predicted molar refractivity (Wildman–Crippen MR) is 108 cm³/mol. The summed E-state index contributed by atoms with van der Waals surface area (Å²) in [6.07, 6.45) is 2.05. The van der Waals surface area contributed by atoms with Gasteiger partial charge in [0.25, 0.3) is 11.5 Å². The molecule has 3 aromatic rings. The van der Waals surface area contributed by atoms with Crippen molar-refractivity contribution in [1.82, 2.24) is 14.9 Å². The van der Waals surface area contributed by atoms with Gasteiger partial charge in [0.2, 0.25) is 0 Å². The van der Waals surface area contributed by atoms with E-state index in [0.29, 0.717) is 33.8 Å². The van der Waals surface area contributed by atoms with Gasteiger partial charge in [0.15, 0.2) is 6.61 Å². The van der Waals surface area contributed by atoms with Gasteiger partial charge in [-0.3, -0.25) is 9.59 Å². The Hall–Kier alpha value is -2.71. The van der Waals surface area contributed by atoms with E-state index in [0.717, 1.165) is 16.9 Å². The van der Waals surface area contributed by atoms with Crippen molar-refractivity contribution in [2.75, 3.05) is 13.2 Å². The van der Waals surface area contributed by atoms with E-state index >= 15 is 0 Å². The van der Waals surface area contributed by atoms with Crippen molar-refractivity contribution < 1.29 is 14.3 Å². The first kappa shape index (κ1) is 20.0. The van der Waals surface area contributed by atoms with E-state index in [4.69, 9.17) is 16.3 Å². The molecule has 1 N–H and O–H groups in total. The molecule has 2 heterocycles. The Morgan fingerprint density at radius 2 is 2.00 bits per heavy atom. The van der Waals surface area contributed by atoms with Gasteiger partial charge < -0.3 is 14.6 Å². The van der Waals surface area contributed by atoms with E-state index in [-0.39, 0.29) is 10.4 Å². The number of hydrogen-bond donors (Lipinski definition) is 1. The number of fused-ring (bicyclic) bond motifs is 1. The lowest BCUT2D eigenvalue weighted by Gasteiger charge is -2.06. The monoisotopic (exact) mass is 419 g/mol. The molecular formula is C19H18ClN3O4S. The first-order valence-corrected chi connectivity index (χ1v) is 9.69. The normalized spacial score (nSPS) is 10.8. The Morgan fingerprint density at radius 3 is 2.71 bits per heavy atom. The summed E-state index contributed by atoms with van der Waals surface area (Å²) in [6.45, 7) is 1.70. The van der Waals surface area contributed by atoms with Crippen LogP contribution in [0.15, 0.2) is 35.4 Å². The van der Waals surface area contributed by atoms with Gasteiger partial charge in [-0.25, -0.2) is 9.78 Å². The third kappa shape index (κ3) is 4.40. The quantitative estimate of drug-likeness (QED) is 0.620. The van der Waals surface area contributed by atoms with E-state index in [1.165, 1.54) is 10.9 Å². The summed E-state index contributed by atoms with van der Waals surface area (Å²) < 4.78 is 6.45. The summed E-state index contributed by atoms with van der Waals surface area (Å²) in [4.78, 5) is 41.4. The number of hydrogen-bond acceptors (Lipinski definition) is 6. The molecule has 0 saturated heterocycles. The number of rotatable bonds is 6. The SMILES string of the molecule is Cc1c(C(=O)OCC(=O)NCCc2ccc(Cl)cc2)sc2ncn(C)c(=O)c12. The second-order valence-corrected chi connectivity index (χ2v) is 7.64. The van der Waals surface area contributed by atoms with Gasteiger partial charge in [-0.05, 0) is 36.6 Å². The lowest BCUT2D eigenvalue weighted by atomic mass is 10.1. The van der Waals surface area contributed by atoms with Gasteiger partial charge >= 0.3 is 5.97 Å². The Bertz CT molecular complexity index is 1090. The second-order valence-electron chi connectivity index (χ2n) is 6.20. The minimum Gasteiger partial charge on any atom is -0.451 e. The number of aryl methyl sites for hydroxylation is 2. The first-order chi connectivity index (χ1) is 13.4. The molecule has 0 radical (unpaired) electrons. The minimum absolute atomic E-state index is 0.224. The molecule has 0 fully saturated rings. The van der Waals surface area contributed by atoms with E-state index in [2.05, 4.69) is 10.3 Å². The van der Waals surface area contributed by atoms with E-state index in [1.54, 1.807) is 26.1 Å². The van der Waals surface area contributed by atoms with Crippen LogP contribution in [0.25, 0.3) is 10.2 Å². The minimum atomic E-state index is -0.643. The molecule has 146 valence electrons. The fourth-order valence-corrected chi connectivity index (χ4v) is 3.81. The average Bonchev–Trinajstić information content (AvgIpc) is 3.01. The van der Waals surface area contributed by atoms with Crippen LogP contribution in [0.1, 0.15) is 20.8 Å². The number of nitrogens with zero attached hydrogens (tertiary/aromatic N) is 2. The summed E-state index contributed by atoms with van der Waals surface area (Å²) in [5.41, 5.74) is 1.33. The molecule has 0 aliphatic carbocycles. The number of carbonyl (C=O) groups excluding carboxylic acids is 2. The number of benzene rings is 1. The van der Waals surface area contributed by atoms with Crippen molar-refractivity contribution in [1.29, 1.82) is 0 Å². The van der Waals surface area contributed by atoms with Crippen LogP contribution in [-0.2, 0) is 23.0 Å². The molecule has 0 spiro atoms. The van der Waals surface area contributed by atoms with Gasteiger partial charge in [0.05, 0.1) is 11.7 Å². The summed E-state index contributed by atoms with van der Waals surface area (Å²) >= 11 is 6.91. The van der Waals surface area contributed by atoms with Crippen LogP contribution in [0.2, 0.25) is 5.02 Å². The summed E-state index contributed by atoms with van der Waals surface area (Å²) in [5, 5.41) is 3.75. The Labute approximate surface area is 169 Å². The van der Waals surface area contributed by atoms with Gasteiger partial charge in [-0.2, -0.15) is 0 Å². The zero-order valence-corrected chi connectivity index (χ0v) is 16.9. The molecular weight excluding hydrogens is 402 g/mol. The maximum Gasteiger partial charge on any atom is 0.349 e. The summed E-state index contributed by atoms with van der Waals surface area (Å²) in [7, 11) is 1.60. The average molecular weight is 420 g/mol. The highest BCUT2D eigenvalue weighted by molar-refractivity contribution is 7.20. The molecule has 3 rings (SSSR count). The molecule has 0 unspecified atom stereocenters. The van der Waals surface area contributed by atoms with Crippen molar-refractivity contribution in [2.24, 2.45) is 7.05 Å². The third-order valence-corrected chi connectivity index (χ3v) is 5.61. The maximum atomic E-state index is 12.3. The molecule has 0 saturated carbocycles. The zero-order chi connectivity index (χ0) is 20.3. The molecule has 0 aliphatic rings. The highest BCUT2D eigenvalue weighted by Gasteiger charge is 2.20. The molecule has 0 atom stereocenters. The first-order valence-electron chi connectivity index (χ1n) is 8.50. The van der Waals surface area contributed by atoms with Crippen LogP contribution in [0.4, 0.5) is 0 Å². The number of ether oxygens (including phenoxy) is 1. The number of esters is 1. The van der Waals surface area contributed by atoms with Gasteiger partial charge in [0, 0.05) is 18.6 Å². The van der Waals surface area contributed by atoms with Crippen molar-refractivity contribution in [3.05, 3.63) is 62.0 Å². The Morgan fingerprint density at radius 1 is 1.29 bits per heavy atom. The number of thiophene rings is 1. The third-order valence-electron chi connectivity index (χ3n) is 4.18. The molecule has 0 bridgehead atoms. The largest absolute Gasteiger partial charge is 0.451 e. The molecule has 9 heteroatoms. The lowest BCUT2D eigenvalue weighted by Crippen LogP contribution is -2.30. The number of halogens is 1. The molecule has 1 amide bonds. The van der Waals surface area contributed by atoms with Gasteiger partial charge in [0.1, 0.15) is 9.71 Å². The molecule has 28 heavy (non-hydrogen) atoms. The van der Waals surface area contributed by atoms with Crippen molar-refractivity contribution in [2.45, 2.75) is 13.3 Å². The molecule has 1 aromatic carbocycles. The number of amides is 1. The van der Waals surface area contributed by atoms with E-state index in [9.17, 15) is 14.4 Å². The smallest absolute Gasteiger partial charge is 0.349 e. The molecule has 7 nitrogen and oxygen atoms in total. The van der Waals surface area contributed by atoms with Crippen LogP contribution in [0.3, 0.4) is 0 Å². The lowest BCUT2D eigenvalue weighted by molar-refractivity contribution is -0.124. The fourth-order valence-electron chi connectivity index (χ4n) is 2.65. The van der Waals surface area contributed by atoms with Crippen molar-refractivity contribution in [3.63, 3.8) is 0 Å². The topological polar surface area (TPSA) is 90.3 Å². The molecule has 2 aromatic heterocycles. The standard InChI is InChI=1S/C19H18ClN3O4S/c1-11-15-17(22-10-23(2)18(15)25)28-16(11)19(26)27-9-14(24)21-8-7-12-3-5-13(20)6-4-12/h3-6,10H,7-9H2,1-2H3,(H,21,24). The van der Waals surface area contributed by atoms with Crippen molar-refractivity contribution >= 4 is 45.0 Å². The highest BCUT2D eigenvalue weighted by Crippen LogP contribution is 2.27. The highest BCUT2D eigenvalue weighted by atomic mass is 35.5. The van der Waals surface area contributed by atoms with Gasteiger partial charge in [-0.15, -0.1) is 11.3 Å². The Kier molecular flexibility index (Phi) is 6.11. The van der Waals surface area contributed by atoms with Crippen LogP contribution in [0.5, 0.6) is 0 Å². The second kappa shape index (κ2) is 8.53. The Balaban J connectivity index is 1.55. The van der Waals surface area contributed by atoms with Crippen LogP contribution in [0, 0.1) is 6.92 Å². The molecule has 0 aliphatic heterocycles. The van der Waals surface area contributed by atoms with Crippen LogP contribution >= 0.6 is 22.9 Å². The number of nitrogens with one attached hydrogen (secondary N) is 1. The summed E-state index contributed by atoms with van der Waals surface area (Å²) in [5.74, 6) is -1.04. The fraction of sp³-hybridized carbons (Fsp3) is 0.263. The van der Waals surface area contributed by atoms with Gasteiger partial charge in [-0.1, -0.05) is 23.7 Å². The zero-order valence-electron chi connectivity index (χ0n) is 15.3. The van der Waals surface area contributed by atoms with Crippen molar-refractivity contribution in [3.8, 4) is 0 Å². The van der Waals surface area contributed by atoms with E-state index in [1.807, 2.05) is 12.1 Å².